The van der Waals surface area contributed by atoms with Gasteiger partial charge in [-0.25, -0.2) is 0 Å². The summed E-state index contributed by atoms with van der Waals surface area (Å²) in [4.78, 5) is 24.1. The molecule has 2 N–H and O–H groups in total. The minimum Gasteiger partial charge on any atom is -0.504 e. The van der Waals surface area contributed by atoms with Crippen LogP contribution >= 0.6 is 0 Å². The Morgan fingerprint density at radius 2 is 1.84 bits per heavy atom. The Morgan fingerprint density at radius 3 is 2.52 bits per heavy atom. The number of aromatic hydroxyl groups is 1. The fraction of sp³-hybridized carbons (Fsp3) is 0.615. The van der Waals surface area contributed by atoms with Crippen LogP contribution in [0, 0.1) is 11.8 Å². The average Bonchev–Trinajstić information content (AvgIpc) is 2.72. The largest absolute Gasteiger partial charge is 0.504 e. The zero-order chi connectivity index (χ0) is 23.1. The fourth-order valence-electron chi connectivity index (χ4n) is 3.71. The van der Waals surface area contributed by atoms with Crippen molar-refractivity contribution in [3.63, 3.8) is 0 Å². The molecule has 0 saturated carbocycles. The molecule has 0 fully saturated rings. The van der Waals surface area contributed by atoms with Crippen LogP contribution < -0.4 is 10.1 Å². The van der Waals surface area contributed by atoms with Crippen molar-refractivity contribution in [3.8, 4) is 11.5 Å². The number of benzene rings is 1. The van der Waals surface area contributed by atoms with Crippen molar-refractivity contribution in [2.45, 2.75) is 71.6 Å². The van der Waals surface area contributed by atoms with E-state index < -0.39 is 0 Å². The van der Waals surface area contributed by atoms with E-state index in [2.05, 4.69) is 19.2 Å². The number of rotatable bonds is 17. The van der Waals surface area contributed by atoms with Crippen molar-refractivity contribution in [2.24, 2.45) is 11.8 Å². The van der Waals surface area contributed by atoms with Crippen LogP contribution in [0.1, 0.15) is 77.2 Å². The highest BCUT2D eigenvalue weighted by atomic mass is 16.5. The van der Waals surface area contributed by atoms with Gasteiger partial charge in [-0.1, -0.05) is 51.7 Å². The van der Waals surface area contributed by atoms with Crippen LogP contribution in [0.4, 0.5) is 0 Å². The van der Waals surface area contributed by atoms with Crippen molar-refractivity contribution in [1.82, 2.24) is 5.32 Å². The van der Waals surface area contributed by atoms with Crippen LogP contribution in [0.3, 0.4) is 0 Å². The first-order valence-electron chi connectivity index (χ1n) is 11.6. The molecule has 5 heteroatoms. The van der Waals surface area contributed by atoms with Crippen LogP contribution in [-0.4, -0.2) is 37.4 Å². The highest BCUT2D eigenvalue weighted by molar-refractivity contribution is 6.06. The van der Waals surface area contributed by atoms with Gasteiger partial charge in [-0.15, -0.1) is 0 Å². The summed E-state index contributed by atoms with van der Waals surface area (Å²) in [5.41, 5.74) is 0.736. The Hall–Kier alpha value is -2.14. The first-order valence-corrected chi connectivity index (χ1v) is 11.6. The Kier molecular flexibility index (Phi) is 13.6. The highest BCUT2D eigenvalue weighted by Gasteiger charge is 2.10. The third-order valence-electron chi connectivity index (χ3n) is 5.49. The van der Waals surface area contributed by atoms with Crippen molar-refractivity contribution >= 4 is 17.6 Å². The van der Waals surface area contributed by atoms with Crippen LogP contribution in [0.5, 0.6) is 11.5 Å². The number of hydrogen-bond acceptors (Lipinski definition) is 5. The van der Waals surface area contributed by atoms with Crippen molar-refractivity contribution in [3.05, 3.63) is 29.8 Å². The molecule has 0 aliphatic heterocycles. The lowest BCUT2D eigenvalue weighted by atomic mass is 9.93. The summed E-state index contributed by atoms with van der Waals surface area (Å²) in [6, 6.07) is 4.85. The Bertz CT molecular complexity index is 697. The van der Waals surface area contributed by atoms with Gasteiger partial charge >= 0.3 is 0 Å². The van der Waals surface area contributed by atoms with Gasteiger partial charge in [0.25, 0.3) is 0 Å². The molecule has 174 valence electrons. The van der Waals surface area contributed by atoms with Gasteiger partial charge in [0.1, 0.15) is 5.78 Å². The van der Waals surface area contributed by atoms with E-state index in [0.29, 0.717) is 18.1 Å². The number of ether oxygens (including phenoxy) is 1. The molecule has 31 heavy (non-hydrogen) atoms. The van der Waals surface area contributed by atoms with Crippen LogP contribution in [0.2, 0.25) is 0 Å². The number of phenolic OH excluding ortho intramolecular Hbond substituents is 1. The van der Waals surface area contributed by atoms with Gasteiger partial charge in [-0.3, -0.25) is 9.59 Å². The number of carbonyl (C=O) groups excluding carboxylic acids is 2. The Morgan fingerprint density at radius 1 is 1.10 bits per heavy atom. The van der Waals surface area contributed by atoms with Crippen molar-refractivity contribution < 1.29 is 19.4 Å². The third-order valence-corrected chi connectivity index (χ3v) is 5.49. The lowest BCUT2D eigenvalue weighted by Crippen LogP contribution is -2.19. The van der Waals surface area contributed by atoms with E-state index in [0.717, 1.165) is 37.3 Å². The normalized spacial score (nSPS) is 12.4. The molecule has 0 aromatic heterocycles. The topological polar surface area (TPSA) is 75.6 Å². The van der Waals surface area contributed by atoms with Gasteiger partial charge < -0.3 is 15.2 Å². The second-order valence-corrected chi connectivity index (χ2v) is 8.79. The summed E-state index contributed by atoms with van der Waals surface area (Å²) in [6.45, 7) is 5.61. The van der Waals surface area contributed by atoms with Crippen molar-refractivity contribution in [2.75, 3.05) is 20.7 Å². The molecular formula is C26H41NO4. The van der Waals surface area contributed by atoms with E-state index in [4.69, 9.17) is 4.74 Å². The molecule has 0 saturated heterocycles. The molecule has 1 rings (SSSR count). The molecule has 0 amide bonds. The minimum absolute atomic E-state index is 0.00152. The first kappa shape index (κ1) is 26.9. The van der Waals surface area contributed by atoms with E-state index in [1.165, 1.54) is 44.9 Å². The molecular weight excluding hydrogens is 390 g/mol. The molecule has 1 aromatic rings. The molecule has 1 atom stereocenters. The SMILES string of the molecule is CNC[C@H](CCCCCC(=O)CC(=O)/C=C/c1ccc(O)c(OC)c1)CCCC(C)C. The Balaban J connectivity index is 2.26. The van der Waals surface area contributed by atoms with Gasteiger partial charge in [-0.2, -0.15) is 0 Å². The number of nitrogens with one attached hydrogen (secondary N) is 1. The van der Waals surface area contributed by atoms with Crippen LogP contribution in [-0.2, 0) is 9.59 Å². The third kappa shape index (κ3) is 12.3. The van der Waals surface area contributed by atoms with E-state index in [1.807, 2.05) is 7.05 Å². The molecule has 0 heterocycles. The first-order chi connectivity index (χ1) is 14.8. The number of hydrogen-bond donors (Lipinski definition) is 2. The van der Waals surface area contributed by atoms with E-state index in [-0.39, 0.29) is 23.7 Å². The number of methoxy groups -OCH3 is 1. The second-order valence-electron chi connectivity index (χ2n) is 8.79. The maximum Gasteiger partial charge on any atom is 0.163 e. The predicted molar refractivity (Wildman–Crippen MR) is 128 cm³/mol. The molecule has 0 aliphatic rings. The Labute approximate surface area is 188 Å². The molecule has 0 radical (unpaired) electrons. The number of phenols is 1. The van der Waals surface area contributed by atoms with Gasteiger partial charge in [-0.05, 0) is 68.5 Å². The number of unbranched alkanes of at least 4 members (excludes halogenated alkanes) is 2. The molecule has 5 nitrogen and oxygen atoms in total. The van der Waals surface area contributed by atoms with E-state index >= 15 is 0 Å². The number of ketones is 2. The summed E-state index contributed by atoms with van der Waals surface area (Å²) in [6.07, 6.45) is 11.5. The minimum atomic E-state index is -0.198. The van der Waals surface area contributed by atoms with Crippen LogP contribution in [0.15, 0.2) is 24.3 Å². The molecule has 0 bridgehead atoms. The maximum absolute atomic E-state index is 12.1. The lowest BCUT2D eigenvalue weighted by Gasteiger charge is -2.17. The summed E-state index contributed by atoms with van der Waals surface area (Å²) >= 11 is 0. The maximum atomic E-state index is 12.1. The zero-order valence-corrected chi connectivity index (χ0v) is 19.8. The summed E-state index contributed by atoms with van der Waals surface area (Å²) in [5, 5.41) is 12.9. The lowest BCUT2D eigenvalue weighted by molar-refractivity contribution is -0.124. The average molecular weight is 432 g/mol. The molecule has 0 spiro atoms. The highest BCUT2D eigenvalue weighted by Crippen LogP contribution is 2.26. The van der Waals surface area contributed by atoms with Gasteiger partial charge in [0.05, 0.1) is 13.5 Å². The summed E-state index contributed by atoms with van der Waals surface area (Å²) in [5.74, 6) is 1.68. The summed E-state index contributed by atoms with van der Waals surface area (Å²) in [7, 11) is 3.48. The zero-order valence-electron chi connectivity index (χ0n) is 19.8. The molecule has 1 aromatic carbocycles. The molecule has 0 unspecified atom stereocenters. The number of allylic oxidation sites excluding steroid dienone is 1. The van der Waals surface area contributed by atoms with Gasteiger partial charge in [0.2, 0.25) is 0 Å². The van der Waals surface area contributed by atoms with E-state index in [1.54, 1.807) is 18.2 Å². The van der Waals surface area contributed by atoms with Crippen LogP contribution in [0.25, 0.3) is 6.08 Å². The quantitative estimate of drug-likeness (QED) is 0.192. The van der Waals surface area contributed by atoms with E-state index in [9.17, 15) is 14.7 Å². The predicted octanol–water partition coefficient (Wildman–Crippen LogP) is 5.55. The number of carbonyl (C=O) groups is 2. The summed E-state index contributed by atoms with van der Waals surface area (Å²) < 4.78 is 5.05. The standard InChI is InChI=1S/C26H41NO4/c1-20(2)9-8-11-22(19-27-3)10-6-5-7-12-23(28)18-24(29)15-13-21-14-16-25(30)26(17-21)31-4/h13-17,20,22,27,30H,5-12,18-19H2,1-4H3/b15-13+/t22-/m1/s1. The van der Waals surface area contributed by atoms with Crippen molar-refractivity contribution in [1.29, 1.82) is 0 Å². The fourth-order valence-corrected chi connectivity index (χ4v) is 3.71. The monoisotopic (exact) mass is 431 g/mol. The van der Waals surface area contributed by atoms with Gasteiger partial charge in [0, 0.05) is 6.42 Å². The second kappa shape index (κ2) is 15.6. The smallest absolute Gasteiger partial charge is 0.163 e. The molecule has 0 aliphatic carbocycles. The number of Topliss-reactive ketones (excluding diaryl/α,β-unsaturated/α-hetero) is 1. The van der Waals surface area contributed by atoms with Gasteiger partial charge in [0.15, 0.2) is 17.3 Å².